The van der Waals surface area contributed by atoms with Crippen molar-refractivity contribution in [3.05, 3.63) is 101 Å². The molecule has 0 fully saturated rings. The highest BCUT2D eigenvalue weighted by Gasteiger charge is 2.21. The molecule has 0 aliphatic carbocycles. The van der Waals surface area contributed by atoms with Crippen LogP contribution in [0.15, 0.2) is 89.9 Å². The summed E-state index contributed by atoms with van der Waals surface area (Å²) in [6.07, 6.45) is 8.78. The first kappa shape index (κ1) is 24.8. The minimum atomic E-state index is -0.297. The number of nitrogens with zero attached hydrogens (tertiary/aromatic N) is 3. The molecule has 182 valence electrons. The van der Waals surface area contributed by atoms with Crippen LogP contribution in [0.4, 0.5) is 11.4 Å². The second-order valence-corrected chi connectivity index (χ2v) is 8.61. The number of hydrazine groups is 2. The van der Waals surface area contributed by atoms with Gasteiger partial charge in [-0.3, -0.25) is 9.98 Å². The highest BCUT2D eigenvalue weighted by atomic mass is 35.5. The van der Waals surface area contributed by atoms with Gasteiger partial charge < -0.3 is 21.5 Å². The summed E-state index contributed by atoms with van der Waals surface area (Å²) >= 11 is 6.69. The van der Waals surface area contributed by atoms with Crippen LogP contribution in [-0.4, -0.2) is 24.3 Å². The fourth-order valence-electron chi connectivity index (χ4n) is 3.92. The zero-order valence-corrected chi connectivity index (χ0v) is 20.8. The monoisotopic (exact) mass is 498 g/mol. The molecule has 9 heteroatoms. The summed E-state index contributed by atoms with van der Waals surface area (Å²) in [5.41, 5.74) is 14.1. The second kappa shape index (κ2) is 11.4. The Balaban J connectivity index is 1.74. The Morgan fingerprint density at radius 3 is 2.75 bits per heavy atom. The smallest absolute Gasteiger partial charge is 0.103 e. The molecule has 5 N–H and O–H groups in total. The summed E-state index contributed by atoms with van der Waals surface area (Å²) in [6, 6.07) is 15.7. The normalized spacial score (nSPS) is 14.7. The number of halogens is 1. The minimum Gasteiger partial charge on any atom is -0.377 e. The molecule has 4 rings (SSSR count). The molecular formula is C27H27ClN8. The van der Waals surface area contributed by atoms with E-state index in [2.05, 4.69) is 56.6 Å². The molecule has 0 spiro atoms. The lowest BCUT2D eigenvalue weighted by molar-refractivity contribution is 0.589. The molecule has 3 aromatic rings. The highest BCUT2D eigenvalue weighted by molar-refractivity contribution is 6.35. The van der Waals surface area contributed by atoms with E-state index in [9.17, 15) is 5.26 Å². The van der Waals surface area contributed by atoms with Crippen LogP contribution in [0.3, 0.4) is 0 Å². The van der Waals surface area contributed by atoms with Crippen molar-refractivity contribution in [3.63, 3.8) is 0 Å². The van der Waals surface area contributed by atoms with Gasteiger partial charge in [-0.25, -0.2) is 0 Å². The maximum Gasteiger partial charge on any atom is 0.103 e. The molecule has 2 atom stereocenters. The van der Waals surface area contributed by atoms with Gasteiger partial charge in [0.05, 0.1) is 33.5 Å². The number of rotatable bonds is 9. The van der Waals surface area contributed by atoms with Crippen LogP contribution >= 0.6 is 11.6 Å². The largest absolute Gasteiger partial charge is 0.377 e. The van der Waals surface area contributed by atoms with Gasteiger partial charge >= 0.3 is 0 Å². The second-order valence-electron chi connectivity index (χ2n) is 8.20. The number of nitriles is 1. The van der Waals surface area contributed by atoms with Crippen molar-refractivity contribution < 1.29 is 0 Å². The third-order valence-electron chi connectivity index (χ3n) is 5.75. The molecule has 1 aliphatic rings. The Kier molecular flexibility index (Phi) is 7.85. The van der Waals surface area contributed by atoms with E-state index in [1.807, 2.05) is 60.8 Å². The summed E-state index contributed by atoms with van der Waals surface area (Å²) < 4.78 is 0. The van der Waals surface area contributed by atoms with Gasteiger partial charge in [-0.15, -0.1) is 0 Å². The lowest BCUT2D eigenvalue weighted by Crippen LogP contribution is -2.37. The molecule has 0 unspecified atom stereocenters. The highest BCUT2D eigenvalue weighted by Crippen LogP contribution is 2.35. The molecule has 36 heavy (non-hydrogen) atoms. The summed E-state index contributed by atoms with van der Waals surface area (Å²) in [7, 11) is 1.71. The first-order valence-electron chi connectivity index (χ1n) is 11.4. The Bertz CT molecular complexity index is 1390. The predicted octanol–water partition coefficient (Wildman–Crippen LogP) is 4.98. The number of aromatic nitrogens is 1. The summed E-state index contributed by atoms with van der Waals surface area (Å²) in [4.78, 5) is 8.45. The molecule has 1 aliphatic heterocycles. The third-order valence-corrected chi connectivity index (χ3v) is 6.04. The van der Waals surface area contributed by atoms with E-state index in [1.54, 1.807) is 19.5 Å². The number of pyridine rings is 1. The molecule has 0 amide bonds. The van der Waals surface area contributed by atoms with Gasteiger partial charge in [-0.1, -0.05) is 54.6 Å². The number of allylic oxidation sites excluding steroid dienone is 1. The lowest BCUT2D eigenvalue weighted by Gasteiger charge is -2.23. The van der Waals surface area contributed by atoms with Gasteiger partial charge in [0.2, 0.25) is 0 Å². The molecular weight excluding hydrogens is 472 g/mol. The number of hydrogen-bond donors (Lipinski definition) is 5. The number of hydrogen-bond acceptors (Lipinski definition) is 8. The Labute approximate surface area is 215 Å². The van der Waals surface area contributed by atoms with Crippen molar-refractivity contribution in [1.82, 2.24) is 21.4 Å². The predicted molar refractivity (Wildman–Crippen MR) is 148 cm³/mol. The first-order chi connectivity index (χ1) is 17.5. The first-order valence-corrected chi connectivity index (χ1v) is 11.7. The number of anilines is 2. The molecule has 1 aromatic heterocycles. The van der Waals surface area contributed by atoms with Crippen LogP contribution in [0.2, 0.25) is 5.02 Å². The van der Waals surface area contributed by atoms with E-state index in [-0.39, 0.29) is 12.1 Å². The summed E-state index contributed by atoms with van der Waals surface area (Å²) in [5, 5.41) is 18.0. The fraction of sp³-hybridized carbons (Fsp3) is 0.148. The SMILES string of the molecule is C=C(/C=C\C=NC)[C@H](Nc1cc(Cl)c2ncc(C#N)c(N[C@H](C)c3ccccc3)c2c1)C1=CNNN1. The van der Waals surface area contributed by atoms with Crippen LogP contribution < -0.4 is 27.0 Å². The van der Waals surface area contributed by atoms with E-state index in [4.69, 9.17) is 11.6 Å². The Morgan fingerprint density at radius 2 is 2.06 bits per heavy atom. The topological polar surface area (TPSA) is 109 Å². The summed E-state index contributed by atoms with van der Waals surface area (Å²) in [6.45, 7) is 6.27. The lowest BCUT2D eigenvalue weighted by atomic mass is 10.0. The molecule has 0 bridgehead atoms. The van der Waals surface area contributed by atoms with E-state index in [0.717, 1.165) is 27.9 Å². The molecule has 0 radical (unpaired) electrons. The molecule has 0 saturated carbocycles. The van der Waals surface area contributed by atoms with Crippen LogP contribution in [0.25, 0.3) is 10.9 Å². The van der Waals surface area contributed by atoms with Gasteiger partial charge in [0.15, 0.2) is 0 Å². The quantitative estimate of drug-likeness (QED) is 0.209. The Hall–Kier alpha value is -4.32. The number of nitrogens with one attached hydrogen (secondary N) is 5. The van der Waals surface area contributed by atoms with Crippen molar-refractivity contribution in [3.8, 4) is 6.07 Å². The van der Waals surface area contributed by atoms with Crippen LogP contribution in [0.5, 0.6) is 0 Å². The maximum absolute atomic E-state index is 9.83. The van der Waals surface area contributed by atoms with Gasteiger partial charge in [0.1, 0.15) is 6.07 Å². The number of aliphatic imine (C=N–C) groups is 1. The van der Waals surface area contributed by atoms with Crippen molar-refractivity contribution in [1.29, 1.82) is 5.26 Å². The van der Waals surface area contributed by atoms with Crippen molar-refractivity contribution in [2.75, 3.05) is 17.7 Å². The van der Waals surface area contributed by atoms with Crippen molar-refractivity contribution in [2.24, 2.45) is 4.99 Å². The number of benzene rings is 2. The standard InChI is InChI=1S/C27H27ClN8/c1-17(8-7-11-30-3)25(24-16-32-36-35-24)34-21-12-22-26(33-18(2)19-9-5-4-6-10-19)20(14-29)15-31-27(22)23(28)13-21/h4-13,15-16,18,25,32,34-36H,1H2,2-3H3,(H,31,33)/b8-7-,30-11?/t18-,25+/m1/s1. The van der Waals surface area contributed by atoms with Crippen molar-refractivity contribution >= 4 is 40.1 Å². The van der Waals surface area contributed by atoms with Gasteiger partial charge in [-0.2, -0.15) is 10.8 Å². The summed E-state index contributed by atoms with van der Waals surface area (Å²) in [5.74, 6) is 0. The van der Waals surface area contributed by atoms with Crippen LogP contribution in [-0.2, 0) is 0 Å². The minimum absolute atomic E-state index is 0.0397. The van der Waals surface area contributed by atoms with E-state index in [0.29, 0.717) is 21.8 Å². The maximum atomic E-state index is 9.83. The van der Waals surface area contributed by atoms with E-state index >= 15 is 0 Å². The zero-order chi connectivity index (χ0) is 25.5. The van der Waals surface area contributed by atoms with Gasteiger partial charge in [0.25, 0.3) is 0 Å². The molecule has 2 aromatic carbocycles. The van der Waals surface area contributed by atoms with Crippen LogP contribution in [0, 0.1) is 11.3 Å². The van der Waals surface area contributed by atoms with E-state index in [1.165, 1.54) is 0 Å². The fourth-order valence-corrected chi connectivity index (χ4v) is 4.19. The third kappa shape index (κ3) is 5.49. The van der Waals surface area contributed by atoms with Gasteiger partial charge in [0, 0.05) is 42.8 Å². The van der Waals surface area contributed by atoms with E-state index < -0.39 is 0 Å². The average molecular weight is 499 g/mol. The van der Waals surface area contributed by atoms with Crippen LogP contribution in [0.1, 0.15) is 24.1 Å². The number of fused-ring (bicyclic) bond motifs is 1. The molecule has 0 saturated heterocycles. The van der Waals surface area contributed by atoms with Crippen molar-refractivity contribution in [2.45, 2.75) is 19.0 Å². The molecule has 8 nitrogen and oxygen atoms in total. The Morgan fingerprint density at radius 1 is 1.25 bits per heavy atom. The zero-order valence-electron chi connectivity index (χ0n) is 20.0. The van der Waals surface area contributed by atoms with Gasteiger partial charge in [-0.05, 0) is 36.3 Å². The molecule has 2 heterocycles. The average Bonchev–Trinajstić information content (AvgIpc) is 3.43.